The molecule has 15 heavy (non-hydrogen) atoms. The summed E-state index contributed by atoms with van der Waals surface area (Å²) in [4.78, 5) is 0.996. The van der Waals surface area contributed by atoms with E-state index in [0.717, 1.165) is 15.7 Å². The van der Waals surface area contributed by atoms with E-state index in [0.29, 0.717) is 10.8 Å². The highest BCUT2D eigenvalue weighted by Gasteiger charge is 2.28. The molecule has 2 aromatic heterocycles. The molecule has 6 heteroatoms. The number of rotatable bonds is 2. The van der Waals surface area contributed by atoms with Crippen LogP contribution in [0.4, 0.5) is 0 Å². The van der Waals surface area contributed by atoms with E-state index in [9.17, 15) is 0 Å². The number of hydrogen-bond acceptors (Lipinski definition) is 3. The van der Waals surface area contributed by atoms with Gasteiger partial charge in [0.1, 0.15) is 0 Å². The van der Waals surface area contributed by atoms with Gasteiger partial charge in [-0.15, -0.1) is 11.3 Å². The highest BCUT2D eigenvalue weighted by Crippen LogP contribution is 2.40. The molecule has 0 radical (unpaired) electrons. The maximum atomic E-state index is 6.09. The van der Waals surface area contributed by atoms with Crippen molar-refractivity contribution in [2.75, 3.05) is 0 Å². The molecule has 0 atom stereocenters. The lowest BCUT2D eigenvalue weighted by Gasteiger charge is -2.02. The van der Waals surface area contributed by atoms with Crippen LogP contribution in [0.15, 0.2) is 11.4 Å². The maximum Gasteiger partial charge on any atom is 0.195 e. The molecule has 0 amide bonds. The van der Waals surface area contributed by atoms with Crippen LogP contribution in [0.25, 0.3) is 10.7 Å². The number of aromatic amines is 1. The molecule has 78 valence electrons. The van der Waals surface area contributed by atoms with E-state index in [1.54, 1.807) is 11.3 Å². The van der Waals surface area contributed by atoms with E-state index in [1.165, 1.54) is 12.8 Å². The molecule has 0 spiro atoms. The first-order valence-corrected chi connectivity index (χ1v) is 6.34. The van der Waals surface area contributed by atoms with Crippen molar-refractivity contribution >= 4 is 35.2 Å². The first-order valence-electron chi connectivity index (χ1n) is 4.67. The summed E-state index contributed by atoms with van der Waals surface area (Å²) in [5.41, 5.74) is 0. The van der Waals surface area contributed by atoms with E-state index in [2.05, 4.69) is 14.8 Å². The molecule has 0 unspecified atom stereocenters. The summed E-state index contributed by atoms with van der Waals surface area (Å²) in [7, 11) is 0. The minimum Gasteiger partial charge on any atom is -0.296 e. The number of halogens is 1. The van der Waals surface area contributed by atoms with E-state index in [1.807, 2.05) is 11.4 Å². The minimum absolute atomic E-state index is 0.518. The van der Waals surface area contributed by atoms with Gasteiger partial charge in [-0.25, -0.2) is 0 Å². The minimum atomic E-state index is 0.518. The molecule has 0 saturated heterocycles. The first kappa shape index (κ1) is 9.57. The molecule has 1 N–H and O–H groups in total. The first-order chi connectivity index (χ1) is 7.27. The second-order valence-corrected chi connectivity index (χ2v) is 5.26. The largest absolute Gasteiger partial charge is 0.296 e. The zero-order chi connectivity index (χ0) is 10.4. The predicted octanol–water partition coefficient (Wildman–Crippen LogP) is 3.66. The Morgan fingerprint density at radius 3 is 3.00 bits per heavy atom. The Morgan fingerprint density at radius 1 is 1.60 bits per heavy atom. The Balaban J connectivity index is 2.20. The van der Waals surface area contributed by atoms with Crippen molar-refractivity contribution in [3.05, 3.63) is 21.2 Å². The summed E-state index contributed by atoms with van der Waals surface area (Å²) < 4.78 is 2.77. The molecule has 1 fully saturated rings. The molecule has 1 aliphatic rings. The number of thiophene rings is 1. The van der Waals surface area contributed by atoms with E-state index >= 15 is 0 Å². The third-order valence-electron chi connectivity index (χ3n) is 2.44. The average Bonchev–Trinajstić information content (AvgIpc) is 2.85. The van der Waals surface area contributed by atoms with Gasteiger partial charge in [-0.3, -0.25) is 9.67 Å². The Kier molecular flexibility index (Phi) is 2.19. The normalized spacial score (nSPS) is 15.8. The number of aromatic nitrogens is 3. The fraction of sp³-hybridized carbons (Fsp3) is 0.333. The number of H-pyrrole nitrogens is 1. The van der Waals surface area contributed by atoms with Gasteiger partial charge in [0.2, 0.25) is 0 Å². The summed E-state index contributed by atoms with van der Waals surface area (Å²) in [6.07, 6.45) is 2.37. The van der Waals surface area contributed by atoms with Crippen molar-refractivity contribution in [3.63, 3.8) is 0 Å². The van der Waals surface area contributed by atoms with Crippen LogP contribution >= 0.6 is 35.2 Å². The smallest absolute Gasteiger partial charge is 0.195 e. The fourth-order valence-corrected chi connectivity index (χ4v) is 3.00. The highest BCUT2D eigenvalue weighted by molar-refractivity contribution is 7.71. The van der Waals surface area contributed by atoms with Crippen molar-refractivity contribution in [2.24, 2.45) is 0 Å². The van der Waals surface area contributed by atoms with Crippen molar-refractivity contribution in [1.29, 1.82) is 0 Å². The summed E-state index contributed by atoms with van der Waals surface area (Å²) in [5, 5.41) is 9.80. The Labute approximate surface area is 101 Å². The lowest BCUT2D eigenvalue weighted by atomic mass is 10.4. The van der Waals surface area contributed by atoms with E-state index in [-0.39, 0.29) is 0 Å². The Hall–Kier alpha value is -0.650. The summed E-state index contributed by atoms with van der Waals surface area (Å²) in [6, 6.07) is 2.40. The molecular formula is C9H8ClN3S2. The zero-order valence-electron chi connectivity index (χ0n) is 7.74. The summed E-state index contributed by atoms with van der Waals surface area (Å²) >= 11 is 12.9. The quantitative estimate of drug-likeness (QED) is 0.833. The van der Waals surface area contributed by atoms with Crippen molar-refractivity contribution < 1.29 is 0 Å². The van der Waals surface area contributed by atoms with Crippen molar-refractivity contribution in [1.82, 2.24) is 14.8 Å². The molecular weight excluding hydrogens is 250 g/mol. The molecule has 0 aliphatic heterocycles. The van der Waals surface area contributed by atoms with Gasteiger partial charge >= 0.3 is 0 Å². The van der Waals surface area contributed by atoms with Crippen molar-refractivity contribution in [2.45, 2.75) is 18.9 Å². The molecule has 1 saturated carbocycles. The molecule has 0 bridgehead atoms. The molecule has 1 aliphatic carbocycles. The van der Waals surface area contributed by atoms with Gasteiger partial charge in [0.15, 0.2) is 10.6 Å². The highest BCUT2D eigenvalue weighted by atomic mass is 35.5. The van der Waals surface area contributed by atoms with Crippen LogP contribution in [-0.2, 0) is 0 Å². The predicted molar refractivity (Wildman–Crippen MR) is 64.0 cm³/mol. The third-order valence-corrected chi connectivity index (χ3v) is 4.06. The van der Waals surface area contributed by atoms with Crippen molar-refractivity contribution in [3.8, 4) is 10.7 Å². The number of nitrogens with zero attached hydrogens (tertiary/aromatic N) is 2. The number of nitrogens with one attached hydrogen (secondary N) is 1. The van der Waals surface area contributed by atoms with Gasteiger partial charge in [0, 0.05) is 6.04 Å². The fourth-order valence-electron chi connectivity index (χ4n) is 1.59. The molecule has 3 rings (SSSR count). The summed E-state index contributed by atoms with van der Waals surface area (Å²) in [5.74, 6) is 0.877. The molecule has 0 aromatic carbocycles. The van der Waals surface area contributed by atoms with Gasteiger partial charge in [0.25, 0.3) is 0 Å². The van der Waals surface area contributed by atoms with E-state index in [4.69, 9.17) is 23.8 Å². The van der Waals surface area contributed by atoms with Crippen LogP contribution in [0, 0.1) is 4.77 Å². The lowest BCUT2D eigenvalue weighted by Crippen LogP contribution is -1.96. The molecule has 2 heterocycles. The van der Waals surface area contributed by atoms with Gasteiger partial charge in [-0.05, 0) is 36.5 Å². The van der Waals surface area contributed by atoms with Crippen LogP contribution < -0.4 is 0 Å². The van der Waals surface area contributed by atoms with Crippen LogP contribution in [0.2, 0.25) is 5.02 Å². The molecule has 2 aromatic rings. The maximum absolute atomic E-state index is 6.09. The SMILES string of the molecule is S=c1[nH]nc(-c2sccc2Cl)n1C1CC1. The second-order valence-electron chi connectivity index (χ2n) is 3.55. The topological polar surface area (TPSA) is 33.6 Å². The third kappa shape index (κ3) is 1.55. The standard InChI is InChI=1S/C9H8ClN3S2/c10-6-3-4-15-7(6)8-11-12-9(14)13(8)5-1-2-5/h3-5H,1-2H2,(H,12,14). The van der Waals surface area contributed by atoms with Crippen LogP contribution in [0.1, 0.15) is 18.9 Å². The zero-order valence-corrected chi connectivity index (χ0v) is 10.1. The second kappa shape index (κ2) is 3.43. The van der Waals surface area contributed by atoms with Gasteiger partial charge in [-0.2, -0.15) is 5.10 Å². The Morgan fingerprint density at radius 2 is 2.40 bits per heavy atom. The molecule has 3 nitrogen and oxygen atoms in total. The summed E-state index contributed by atoms with van der Waals surface area (Å²) in [6.45, 7) is 0. The lowest BCUT2D eigenvalue weighted by molar-refractivity contribution is 0.736. The Bertz CT molecular complexity index is 550. The average molecular weight is 258 g/mol. The van der Waals surface area contributed by atoms with Gasteiger partial charge in [0.05, 0.1) is 9.90 Å². The number of hydrogen-bond donors (Lipinski definition) is 1. The monoisotopic (exact) mass is 257 g/mol. The van der Waals surface area contributed by atoms with Crippen LogP contribution in [0.3, 0.4) is 0 Å². The van der Waals surface area contributed by atoms with Crippen LogP contribution in [0.5, 0.6) is 0 Å². The van der Waals surface area contributed by atoms with Gasteiger partial charge in [-0.1, -0.05) is 11.6 Å². The van der Waals surface area contributed by atoms with Crippen LogP contribution in [-0.4, -0.2) is 14.8 Å². The van der Waals surface area contributed by atoms with Gasteiger partial charge < -0.3 is 0 Å². The van der Waals surface area contributed by atoms with E-state index < -0.39 is 0 Å².